The van der Waals surface area contributed by atoms with Crippen LogP contribution < -0.4 is 28.9 Å². The van der Waals surface area contributed by atoms with E-state index in [9.17, 15) is 26.3 Å². The normalized spacial score (nSPS) is 19.1. The third-order valence-electron chi connectivity index (χ3n) is 7.21. The zero-order chi connectivity index (χ0) is 29.0. The second kappa shape index (κ2) is 11.4. The first-order valence-corrected chi connectivity index (χ1v) is 13.8. The Morgan fingerprint density at radius 3 is 1.90 bits per heavy atom. The maximum Gasteiger partial charge on any atom is 0.446 e. The average molecular weight is 711 g/mol. The van der Waals surface area contributed by atoms with Gasteiger partial charge < -0.3 is 28.9 Å². The van der Waals surface area contributed by atoms with E-state index in [0.29, 0.717) is 0 Å². The first-order chi connectivity index (χ1) is 17.9. The van der Waals surface area contributed by atoms with Crippen molar-refractivity contribution < 1.29 is 54.9 Å². The number of thioether (sulfide) groups is 2. The minimum atomic E-state index is -4.34. The van der Waals surface area contributed by atoms with Gasteiger partial charge in [-0.05, 0) is 79.3 Å². The summed E-state index contributed by atoms with van der Waals surface area (Å²) in [6.45, 7) is 7.95. The monoisotopic (exact) mass is 710 g/mol. The number of allylic oxidation sites excluding steroid dienone is 6. The predicted molar refractivity (Wildman–Crippen MR) is 148 cm³/mol. The highest BCUT2D eigenvalue weighted by Crippen LogP contribution is 2.49. The lowest BCUT2D eigenvalue weighted by Crippen LogP contribution is -3.00. The van der Waals surface area contributed by atoms with Gasteiger partial charge in [0.2, 0.25) is 5.69 Å². The summed E-state index contributed by atoms with van der Waals surface area (Å²) in [7, 11) is 3.79. The lowest BCUT2D eigenvalue weighted by molar-refractivity contribution is -0.401. The minimum absolute atomic E-state index is 0. The van der Waals surface area contributed by atoms with E-state index in [-0.39, 0.29) is 57.3 Å². The number of anilines is 1. The molecule has 0 spiro atoms. The number of alkyl halides is 6. The molecule has 0 saturated carbocycles. The van der Waals surface area contributed by atoms with Gasteiger partial charge in [0.05, 0.1) is 5.41 Å². The van der Waals surface area contributed by atoms with Crippen LogP contribution in [0.3, 0.4) is 0 Å². The summed E-state index contributed by atoms with van der Waals surface area (Å²) >= 11 is -0.227. The second-order valence-electron chi connectivity index (χ2n) is 10.5. The molecule has 0 aromatic heterocycles. The van der Waals surface area contributed by atoms with Crippen LogP contribution in [0.1, 0.15) is 38.8 Å². The van der Waals surface area contributed by atoms with E-state index in [1.165, 1.54) is 12.1 Å². The highest BCUT2D eigenvalue weighted by atomic mass is 127. The van der Waals surface area contributed by atoms with E-state index in [0.717, 1.165) is 33.9 Å². The Kier molecular flexibility index (Phi) is 9.33. The van der Waals surface area contributed by atoms with E-state index in [4.69, 9.17) is 0 Å². The number of benzene rings is 2. The molecule has 2 aliphatic rings. The van der Waals surface area contributed by atoms with Crippen LogP contribution in [-0.2, 0) is 10.8 Å². The highest BCUT2D eigenvalue weighted by molar-refractivity contribution is 8.00. The van der Waals surface area contributed by atoms with Gasteiger partial charge in [0.25, 0.3) is 0 Å². The Labute approximate surface area is 256 Å². The first kappa shape index (κ1) is 32.7. The molecule has 2 aliphatic heterocycles. The van der Waals surface area contributed by atoms with Gasteiger partial charge in [-0.1, -0.05) is 32.1 Å². The van der Waals surface area contributed by atoms with Crippen LogP contribution in [-0.4, -0.2) is 35.4 Å². The van der Waals surface area contributed by atoms with E-state index < -0.39 is 21.8 Å². The molecule has 2 aromatic carbocycles. The molecular weight excluding hydrogens is 681 g/mol. The number of fused-ring (bicyclic) bond motifs is 2. The Morgan fingerprint density at radius 1 is 0.775 bits per heavy atom. The van der Waals surface area contributed by atoms with Crippen LogP contribution in [0.2, 0.25) is 0 Å². The Bertz CT molecular complexity index is 1420. The molecule has 2 heterocycles. The smallest absolute Gasteiger partial charge is 0.446 e. The summed E-state index contributed by atoms with van der Waals surface area (Å²) in [4.78, 5) is 2.31. The molecule has 0 bridgehead atoms. The van der Waals surface area contributed by atoms with Crippen LogP contribution in [0.4, 0.5) is 37.7 Å². The van der Waals surface area contributed by atoms with E-state index in [1.807, 2.05) is 81.6 Å². The third kappa shape index (κ3) is 6.61. The van der Waals surface area contributed by atoms with Crippen LogP contribution in [0.5, 0.6) is 0 Å². The SMILES string of the molecule is CN1\C(=C/C=C/C=C/C2=[N+](C)c3ccc(SC(F)(F)F)cc3C2(C)C)C(C)(C)c2cc(SC(F)(F)F)ccc21.[I-]. The third-order valence-corrected chi connectivity index (χ3v) is 8.65. The van der Waals surface area contributed by atoms with E-state index in [2.05, 4.69) is 0 Å². The van der Waals surface area contributed by atoms with Gasteiger partial charge in [-0.3, -0.25) is 0 Å². The molecule has 0 saturated heterocycles. The number of halogens is 7. The summed E-state index contributed by atoms with van der Waals surface area (Å²) < 4.78 is 79.4. The molecule has 0 unspecified atom stereocenters. The van der Waals surface area contributed by atoms with E-state index in [1.54, 1.807) is 24.3 Å². The maximum absolute atomic E-state index is 12.9. The van der Waals surface area contributed by atoms with Crippen molar-refractivity contribution in [3.8, 4) is 0 Å². The van der Waals surface area contributed by atoms with Crippen molar-refractivity contribution in [3.63, 3.8) is 0 Å². The van der Waals surface area contributed by atoms with Crippen LogP contribution in [0.15, 0.2) is 82.3 Å². The zero-order valence-corrected chi connectivity index (χ0v) is 26.5. The predicted octanol–water partition coefficient (Wildman–Crippen LogP) is 6.34. The van der Waals surface area contributed by atoms with Crippen molar-refractivity contribution in [2.45, 2.75) is 59.3 Å². The van der Waals surface area contributed by atoms with E-state index >= 15 is 0 Å². The van der Waals surface area contributed by atoms with Crippen molar-refractivity contribution in [2.75, 3.05) is 19.0 Å². The van der Waals surface area contributed by atoms with Gasteiger partial charge in [0.1, 0.15) is 7.05 Å². The standard InChI is InChI=1S/C29H29F6N2S2.HI/c1-26(2)20-16-18(38-28(30,31)32)12-14-22(20)36(5)24(26)10-8-7-9-11-25-27(3,4)21-17-19(39-29(33,34)35)13-15-23(21)37(25)6;/h7-17H,1-6H3;1H/q+1;/p-1. The van der Waals surface area contributed by atoms with Crippen molar-refractivity contribution >= 4 is 40.6 Å². The van der Waals surface area contributed by atoms with Gasteiger partial charge >= 0.3 is 11.0 Å². The average Bonchev–Trinajstić information content (AvgIpc) is 3.10. The summed E-state index contributed by atoms with van der Waals surface area (Å²) in [5.41, 5.74) is -4.37. The summed E-state index contributed by atoms with van der Waals surface area (Å²) in [6.07, 6.45) is 9.54. The Balaban J connectivity index is 0.00000441. The van der Waals surface area contributed by atoms with Gasteiger partial charge in [0.15, 0.2) is 5.71 Å². The van der Waals surface area contributed by atoms with Crippen LogP contribution in [0, 0.1) is 0 Å². The lowest BCUT2D eigenvalue weighted by atomic mass is 9.81. The fourth-order valence-electron chi connectivity index (χ4n) is 5.38. The lowest BCUT2D eigenvalue weighted by Gasteiger charge is -2.23. The summed E-state index contributed by atoms with van der Waals surface area (Å²) in [5, 5.41) is 0. The fraction of sp³-hybridized carbons (Fsp3) is 0.345. The molecule has 0 fully saturated rings. The van der Waals surface area contributed by atoms with Crippen molar-refractivity contribution in [1.29, 1.82) is 0 Å². The second-order valence-corrected chi connectivity index (χ2v) is 12.8. The molecule has 0 radical (unpaired) electrons. The van der Waals surface area contributed by atoms with Crippen molar-refractivity contribution in [1.82, 2.24) is 0 Å². The van der Waals surface area contributed by atoms with Crippen LogP contribution in [0.25, 0.3) is 0 Å². The van der Waals surface area contributed by atoms with Gasteiger partial charge in [-0.25, -0.2) is 0 Å². The quantitative estimate of drug-likeness (QED) is 0.118. The van der Waals surface area contributed by atoms with Gasteiger partial charge in [-0.15, -0.1) is 0 Å². The Morgan fingerprint density at radius 2 is 1.32 bits per heavy atom. The molecule has 0 N–H and O–H groups in total. The summed E-state index contributed by atoms with van der Waals surface area (Å²) in [5.74, 6) is 0. The number of hydrogen-bond donors (Lipinski definition) is 0. The topological polar surface area (TPSA) is 6.25 Å². The zero-order valence-electron chi connectivity index (χ0n) is 22.7. The van der Waals surface area contributed by atoms with Crippen molar-refractivity contribution in [3.05, 3.63) is 83.6 Å². The molecule has 40 heavy (non-hydrogen) atoms. The molecule has 11 heteroatoms. The van der Waals surface area contributed by atoms with Gasteiger partial charge in [-0.2, -0.15) is 30.9 Å². The van der Waals surface area contributed by atoms with Crippen molar-refractivity contribution in [2.24, 2.45) is 0 Å². The molecule has 0 amide bonds. The van der Waals surface area contributed by atoms with Gasteiger partial charge in [0, 0.05) is 51.3 Å². The number of nitrogens with zero attached hydrogens (tertiary/aromatic N) is 2. The van der Waals surface area contributed by atoms with Crippen LogP contribution >= 0.6 is 23.5 Å². The summed E-state index contributed by atoms with van der Waals surface area (Å²) in [6, 6.07) is 9.65. The number of rotatable bonds is 5. The molecule has 0 aliphatic carbocycles. The molecular formula is C29H29F6IN2S2. The minimum Gasteiger partial charge on any atom is -1.00 e. The molecule has 2 aromatic rings. The molecule has 216 valence electrons. The first-order valence-electron chi connectivity index (χ1n) is 12.1. The fourth-order valence-corrected chi connectivity index (χ4v) is 6.54. The number of hydrogen-bond acceptors (Lipinski definition) is 3. The highest BCUT2D eigenvalue weighted by Gasteiger charge is 2.44. The maximum atomic E-state index is 12.9. The molecule has 4 rings (SSSR count). The molecule has 2 nitrogen and oxygen atoms in total. The largest absolute Gasteiger partial charge is 1.00 e. The molecule has 0 atom stereocenters. The number of likely N-dealkylation sites (N-methyl/N-ethyl adjacent to an activating group) is 1. The Hall–Kier alpha value is -1.86.